The maximum atomic E-state index is 12.1. The highest BCUT2D eigenvalue weighted by Crippen LogP contribution is 2.17. The Morgan fingerprint density at radius 3 is 3.24 bits per heavy atom. The van der Waals surface area contributed by atoms with E-state index in [2.05, 4.69) is 15.5 Å². The van der Waals surface area contributed by atoms with Crippen molar-refractivity contribution in [3.63, 3.8) is 0 Å². The number of pyridine rings is 1. The van der Waals surface area contributed by atoms with Gasteiger partial charge < -0.3 is 10.4 Å². The number of β-amino-alcohol motifs (C(OH)–C–C–N with tert-alkyl or cyclic N) is 1. The van der Waals surface area contributed by atoms with E-state index >= 15 is 0 Å². The van der Waals surface area contributed by atoms with Gasteiger partial charge in [-0.15, -0.1) is 0 Å². The molecule has 0 aliphatic carbocycles. The molecule has 0 unspecified atom stereocenters. The van der Waals surface area contributed by atoms with Crippen LogP contribution in [0.1, 0.15) is 11.2 Å². The van der Waals surface area contributed by atoms with Crippen LogP contribution in [0.3, 0.4) is 0 Å². The SMILES string of the molecule is O=C([C@@H]1C[C@@H](O)CN1)n1ccc2nncc-2c1. The topological polar surface area (TPSA) is 80.0 Å². The van der Waals surface area contributed by atoms with Gasteiger partial charge in [-0.05, 0) is 12.5 Å². The van der Waals surface area contributed by atoms with E-state index in [9.17, 15) is 9.90 Å². The number of carbonyl (C=O) groups excluding carboxylic acids is 1. The summed E-state index contributed by atoms with van der Waals surface area (Å²) in [5, 5.41) is 20.1. The molecule has 17 heavy (non-hydrogen) atoms. The molecule has 1 fully saturated rings. The van der Waals surface area contributed by atoms with E-state index in [0.29, 0.717) is 13.0 Å². The normalized spacial score (nSPS) is 24.3. The fourth-order valence-electron chi connectivity index (χ4n) is 2.07. The van der Waals surface area contributed by atoms with Crippen molar-refractivity contribution in [2.75, 3.05) is 6.54 Å². The molecule has 3 heterocycles. The van der Waals surface area contributed by atoms with Gasteiger partial charge in [-0.25, -0.2) is 0 Å². The Morgan fingerprint density at radius 1 is 1.59 bits per heavy atom. The van der Waals surface area contributed by atoms with Crippen molar-refractivity contribution in [1.29, 1.82) is 0 Å². The van der Waals surface area contributed by atoms with Gasteiger partial charge in [0.25, 0.3) is 0 Å². The van der Waals surface area contributed by atoms with Crippen LogP contribution in [0.2, 0.25) is 0 Å². The predicted molar refractivity (Wildman–Crippen MR) is 59.7 cm³/mol. The first-order valence-corrected chi connectivity index (χ1v) is 5.49. The Labute approximate surface area is 97.6 Å². The van der Waals surface area contributed by atoms with Crippen LogP contribution in [0.4, 0.5) is 0 Å². The van der Waals surface area contributed by atoms with Gasteiger partial charge in [0.1, 0.15) is 0 Å². The summed E-state index contributed by atoms with van der Waals surface area (Å²) in [5.41, 5.74) is 1.60. The minimum absolute atomic E-state index is 0.0651. The average Bonchev–Trinajstić information content (AvgIpc) is 2.95. The first kappa shape index (κ1) is 10.4. The maximum Gasteiger partial charge on any atom is 0.247 e. The van der Waals surface area contributed by atoms with Gasteiger partial charge in [0.2, 0.25) is 5.91 Å². The molecule has 1 saturated heterocycles. The Hall–Kier alpha value is -1.79. The Bertz CT molecular complexity index is 524. The third-order valence-corrected chi connectivity index (χ3v) is 2.99. The molecule has 3 aliphatic rings. The smallest absolute Gasteiger partial charge is 0.247 e. The summed E-state index contributed by atoms with van der Waals surface area (Å²) in [6.07, 6.45) is 5.03. The predicted octanol–water partition coefficient (Wildman–Crippen LogP) is -0.254. The quantitative estimate of drug-likeness (QED) is 0.708. The zero-order valence-corrected chi connectivity index (χ0v) is 9.08. The third kappa shape index (κ3) is 1.81. The monoisotopic (exact) mass is 232 g/mol. The molecule has 0 saturated carbocycles. The van der Waals surface area contributed by atoms with Crippen LogP contribution in [0.5, 0.6) is 0 Å². The molecule has 0 aromatic heterocycles. The van der Waals surface area contributed by atoms with Gasteiger partial charge in [0.05, 0.1) is 24.0 Å². The Kier molecular flexibility index (Phi) is 2.38. The summed E-state index contributed by atoms with van der Waals surface area (Å²) in [6.45, 7) is 0.471. The zero-order valence-electron chi connectivity index (χ0n) is 9.08. The van der Waals surface area contributed by atoms with E-state index in [1.807, 2.05) is 0 Å². The second kappa shape index (κ2) is 3.90. The number of hydrogen-bond donors (Lipinski definition) is 2. The highest BCUT2D eigenvalue weighted by molar-refractivity contribution is 5.85. The van der Waals surface area contributed by atoms with Crippen molar-refractivity contribution >= 4 is 5.91 Å². The molecule has 6 heteroatoms. The molecular formula is C11H12N4O2. The van der Waals surface area contributed by atoms with Crippen LogP contribution in [0, 0.1) is 0 Å². The number of aliphatic hydroxyl groups excluding tert-OH is 1. The van der Waals surface area contributed by atoms with Gasteiger partial charge in [-0.2, -0.15) is 10.2 Å². The van der Waals surface area contributed by atoms with Crippen molar-refractivity contribution in [1.82, 2.24) is 20.1 Å². The molecule has 3 rings (SSSR count). The molecular weight excluding hydrogens is 220 g/mol. The van der Waals surface area contributed by atoms with Crippen LogP contribution >= 0.6 is 0 Å². The number of fused-ring (bicyclic) bond motifs is 1. The number of nitrogens with zero attached hydrogens (tertiary/aromatic N) is 3. The standard InChI is InChI=1S/C11H12N4O2/c16-8-3-10(12-5-8)11(17)15-2-1-9-7(6-15)4-13-14-9/h1-2,4,6,8,10,12,16H,3,5H2/t8-,10+/m1/s1. The van der Waals surface area contributed by atoms with E-state index in [-0.39, 0.29) is 11.9 Å². The second-order valence-corrected chi connectivity index (χ2v) is 4.23. The summed E-state index contributed by atoms with van der Waals surface area (Å²) in [4.78, 5) is 12.1. The number of aliphatic hydroxyl groups is 1. The van der Waals surface area contributed by atoms with Crippen LogP contribution in [0.25, 0.3) is 11.3 Å². The van der Waals surface area contributed by atoms with Gasteiger partial charge in [0, 0.05) is 24.5 Å². The van der Waals surface area contributed by atoms with E-state index in [4.69, 9.17) is 0 Å². The molecule has 0 bridgehead atoms. The third-order valence-electron chi connectivity index (χ3n) is 2.99. The number of nitrogens with one attached hydrogen (secondary N) is 1. The molecule has 3 aliphatic heterocycles. The summed E-state index contributed by atoms with van der Waals surface area (Å²) in [5.74, 6) is -0.0651. The molecule has 0 radical (unpaired) electrons. The van der Waals surface area contributed by atoms with Gasteiger partial charge in [0.15, 0.2) is 0 Å². The molecule has 2 N–H and O–H groups in total. The van der Waals surface area contributed by atoms with Crippen molar-refractivity contribution in [2.24, 2.45) is 0 Å². The number of carbonyl (C=O) groups is 1. The van der Waals surface area contributed by atoms with E-state index in [1.54, 1.807) is 24.7 Å². The fourth-order valence-corrected chi connectivity index (χ4v) is 2.07. The minimum Gasteiger partial charge on any atom is -0.392 e. The lowest BCUT2D eigenvalue weighted by molar-refractivity contribution is 0.0859. The highest BCUT2D eigenvalue weighted by atomic mass is 16.3. The van der Waals surface area contributed by atoms with Crippen LogP contribution in [-0.4, -0.2) is 44.5 Å². The highest BCUT2D eigenvalue weighted by Gasteiger charge is 2.28. The van der Waals surface area contributed by atoms with Gasteiger partial charge in [-0.3, -0.25) is 9.36 Å². The Balaban J connectivity index is 1.88. The number of hydrogen-bond acceptors (Lipinski definition) is 5. The molecule has 0 spiro atoms. The van der Waals surface area contributed by atoms with Gasteiger partial charge >= 0.3 is 0 Å². The lowest BCUT2D eigenvalue weighted by atomic mass is 10.2. The van der Waals surface area contributed by atoms with Crippen LogP contribution in [-0.2, 0) is 0 Å². The average molecular weight is 232 g/mol. The maximum absolute atomic E-state index is 12.1. The number of rotatable bonds is 1. The first-order chi connectivity index (χ1) is 8.24. The zero-order chi connectivity index (χ0) is 11.8. The van der Waals surface area contributed by atoms with E-state index in [0.717, 1.165) is 11.3 Å². The molecule has 2 atom stereocenters. The number of aromatic nitrogens is 3. The van der Waals surface area contributed by atoms with E-state index < -0.39 is 6.10 Å². The summed E-state index contributed by atoms with van der Waals surface area (Å²) in [7, 11) is 0. The molecule has 0 aromatic rings. The molecule has 0 aromatic carbocycles. The summed E-state index contributed by atoms with van der Waals surface area (Å²) < 4.78 is 1.52. The lowest BCUT2D eigenvalue weighted by Crippen LogP contribution is -2.34. The summed E-state index contributed by atoms with van der Waals surface area (Å²) >= 11 is 0. The van der Waals surface area contributed by atoms with Crippen molar-refractivity contribution < 1.29 is 9.90 Å². The molecule has 6 nitrogen and oxygen atoms in total. The minimum atomic E-state index is -0.435. The first-order valence-electron chi connectivity index (χ1n) is 5.49. The van der Waals surface area contributed by atoms with Crippen molar-refractivity contribution in [3.8, 4) is 11.3 Å². The largest absolute Gasteiger partial charge is 0.392 e. The van der Waals surface area contributed by atoms with Crippen LogP contribution < -0.4 is 5.32 Å². The van der Waals surface area contributed by atoms with Crippen molar-refractivity contribution in [2.45, 2.75) is 18.6 Å². The van der Waals surface area contributed by atoms with Crippen molar-refractivity contribution in [3.05, 3.63) is 24.7 Å². The summed E-state index contributed by atoms with van der Waals surface area (Å²) in [6, 6.07) is 1.44. The molecule has 0 amide bonds. The molecule has 88 valence electrons. The fraction of sp³-hybridized carbons (Fsp3) is 0.364. The van der Waals surface area contributed by atoms with E-state index in [1.165, 1.54) is 4.57 Å². The van der Waals surface area contributed by atoms with Gasteiger partial charge in [-0.1, -0.05) is 0 Å². The lowest BCUT2D eigenvalue weighted by Gasteiger charge is -2.12. The second-order valence-electron chi connectivity index (χ2n) is 4.23. The Morgan fingerprint density at radius 2 is 2.47 bits per heavy atom. The van der Waals surface area contributed by atoms with Crippen LogP contribution in [0.15, 0.2) is 24.7 Å².